The molecule has 0 aliphatic rings. The molecule has 0 aliphatic heterocycles. The lowest BCUT2D eigenvalue weighted by molar-refractivity contribution is -0.117. The number of sulfone groups is 1. The van der Waals surface area contributed by atoms with Crippen LogP contribution in [-0.2, 0) is 26.9 Å². The molecule has 0 N–H and O–H groups in total. The van der Waals surface area contributed by atoms with Crippen LogP contribution in [0.2, 0.25) is 0 Å². The van der Waals surface area contributed by atoms with Crippen molar-refractivity contribution in [1.82, 2.24) is 4.57 Å². The first-order chi connectivity index (χ1) is 14.4. The molecule has 0 unspecified atom stereocenters. The van der Waals surface area contributed by atoms with Gasteiger partial charge in [-0.2, -0.15) is 4.99 Å². The van der Waals surface area contributed by atoms with Gasteiger partial charge >= 0.3 is 0 Å². The number of fused-ring (bicyclic) bond motifs is 1. The van der Waals surface area contributed by atoms with Crippen molar-refractivity contribution in [3.8, 4) is 11.5 Å². The highest BCUT2D eigenvalue weighted by molar-refractivity contribution is 7.90. The van der Waals surface area contributed by atoms with Crippen LogP contribution in [0.25, 0.3) is 10.2 Å². The van der Waals surface area contributed by atoms with E-state index in [4.69, 9.17) is 9.47 Å². The van der Waals surface area contributed by atoms with Crippen molar-refractivity contribution in [1.29, 1.82) is 0 Å². The van der Waals surface area contributed by atoms with Crippen molar-refractivity contribution in [2.75, 3.05) is 20.0 Å². The van der Waals surface area contributed by atoms with E-state index in [1.165, 1.54) is 11.3 Å². The maximum Gasteiger partial charge on any atom is 0.249 e. The standard InChI is InChI=1S/C21H24N2O5S2/c1-4-23-19-16(27-2)10-11-17(28-3)20(19)29-21(23)22-18(24)12-13-30(25,26)14-15-8-6-5-7-9-15/h5-11H,4,12-14H2,1-3H3. The van der Waals surface area contributed by atoms with E-state index in [2.05, 4.69) is 4.99 Å². The number of amides is 1. The number of carbonyl (C=O) groups excluding carboxylic acids is 1. The normalized spacial score (nSPS) is 12.3. The monoisotopic (exact) mass is 448 g/mol. The molecule has 0 saturated heterocycles. The molecule has 0 spiro atoms. The average Bonchev–Trinajstić information content (AvgIpc) is 3.10. The van der Waals surface area contributed by atoms with Gasteiger partial charge in [0, 0.05) is 13.0 Å². The molecule has 160 valence electrons. The fraction of sp³-hybridized carbons (Fsp3) is 0.333. The summed E-state index contributed by atoms with van der Waals surface area (Å²) < 4.78 is 38.3. The van der Waals surface area contributed by atoms with Crippen molar-refractivity contribution in [2.24, 2.45) is 4.99 Å². The Morgan fingerprint density at radius 3 is 2.37 bits per heavy atom. The molecular weight excluding hydrogens is 424 g/mol. The van der Waals surface area contributed by atoms with Crippen molar-refractivity contribution in [3.05, 3.63) is 52.8 Å². The number of nitrogens with zero attached hydrogens (tertiary/aromatic N) is 2. The van der Waals surface area contributed by atoms with Crippen molar-refractivity contribution in [2.45, 2.75) is 25.6 Å². The minimum atomic E-state index is -3.41. The zero-order chi connectivity index (χ0) is 21.7. The van der Waals surface area contributed by atoms with Crippen LogP contribution in [0.3, 0.4) is 0 Å². The van der Waals surface area contributed by atoms with E-state index < -0.39 is 15.7 Å². The number of thiazole rings is 1. The quantitative estimate of drug-likeness (QED) is 0.528. The maximum absolute atomic E-state index is 12.5. The number of benzene rings is 2. The summed E-state index contributed by atoms with van der Waals surface area (Å²) in [4.78, 5) is 17.1. The highest BCUT2D eigenvalue weighted by atomic mass is 32.2. The first-order valence-corrected chi connectivity index (χ1v) is 12.1. The summed E-state index contributed by atoms with van der Waals surface area (Å²) in [6.07, 6.45) is -0.165. The van der Waals surface area contributed by atoms with E-state index in [-0.39, 0.29) is 17.9 Å². The van der Waals surface area contributed by atoms with Gasteiger partial charge in [-0.3, -0.25) is 4.79 Å². The van der Waals surface area contributed by atoms with Crippen LogP contribution in [0.4, 0.5) is 0 Å². The third-order valence-electron chi connectivity index (χ3n) is 4.59. The molecule has 0 radical (unpaired) electrons. The van der Waals surface area contributed by atoms with E-state index in [0.717, 1.165) is 10.2 Å². The van der Waals surface area contributed by atoms with Crippen LogP contribution < -0.4 is 14.3 Å². The van der Waals surface area contributed by atoms with Gasteiger partial charge in [0.2, 0.25) is 5.91 Å². The van der Waals surface area contributed by atoms with Crippen LogP contribution in [0.1, 0.15) is 18.9 Å². The Morgan fingerprint density at radius 1 is 1.07 bits per heavy atom. The molecule has 3 aromatic rings. The second kappa shape index (κ2) is 9.44. The maximum atomic E-state index is 12.5. The third kappa shape index (κ3) is 4.91. The van der Waals surface area contributed by atoms with Crippen molar-refractivity contribution >= 4 is 37.3 Å². The van der Waals surface area contributed by atoms with Gasteiger partial charge in [0.15, 0.2) is 14.6 Å². The second-order valence-electron chi connectivity index (χ2n) is 6.61. The predicted molar refractivity (Wildman–Crippen MR) is 118 cm³/mol. The minimum absolute atomic E-state index is 0.0899. The van der Waals surface area contributed by atoms with Gasteiger partial charge in [-0.05, 0) is 24.6 Å². The Morgan fingerprint density at radius 2 is 1.73 bits per heavy atom. The Hall–Kier alpha value is -2.65. The van der Waals surface area contributed by atoms with E-state index in [1.54, 1.807) is 44.6 Å². The second-order valence-corrected chi connectivity index (χ2v) is 9.77. The fourth-order valence-corrected chi connectivity index (χ4v) is 5.69. The molecule has 0 fully saturated rings. The van der Waals surface area contributed by atoms with E-state index in [9.17, 15) is 13.2 Å². The summed E-state index contributed by atoms with van der Waals surface area (Å²) in [5.74, 6) is 0.514. The van der Waals surface area contributed by atoms with E-state index >= 15 is 0 Å². The predicted octanol–water partition coefficient (Wildman–Crippen LogP) is 3.17. The summed E-state index contributed by atoms with van der Waals surface area (Å²) >= 11 is 1.31. The minimum Gasteiger partial charge on any atom is -0.495 e. The summed E-state index contributed by atoms with van der Waals surface area (Å²) in [5.41, 5.74) is 1.50. The summed E-state index contributed by atoms with van der Waals surface area (Å²) in [7, 11) is -0.246. The van der Waals surface area contributed by atoms with Gasteiger partial charge in [-0.25, -0.2) is 8.42 Å². The molecule has 0 atom stereocenters. The molecule has 1 heterocycles. The number of methoxy groups -OCH3 is 2. The molecule has 1 aromatic heterocycles. The Bertz CT molecular complexity index is 1210. The number of ether oxygens (including phenoxy) is 2. The fourth-order valence-electron chi connectivity index (χ4n) is 3.14. The topological polar surface area (TPSA) is 87.0 Å². The summed E-state index contributed by atoms with van der Waals surface area (Å²) in [5, 5.41) is 0. The van der Waals surface area contributed by atoms with Crippen LogP contribution in [0, 0.1) is 0 Å². The first-order valence-electron chi connectivity index (χ1n) is 9.44. The Balaban J connectivity index is 1.86. The number of aryl methyl sites for hydroxylation is 1. The highest BCUT2D eigenvalue weighted by Gasteiger charge is 2.17. The number of hydrogen-bond acceptors (Lipinski definition) is 6. The van der Waals surface area contributed by atoms with Gasteiger partial charge in [0.1, 0.15) is 21.7 Å². The molecular formula is C21H24N2O5S2. The van der Waals surface area contributed by atoms with Gasteiger partial charge < -0.3 is 14.0 Å². The SMILES string of the molecule is CCn1c(=NC(=O)CCS(=O)(=O)Cc2ccccc2)sc2c(OC)ccc(OC)c21. The van der Waals surface area contributed by atoms with Gasteiger partial charge in [-0.1, -0.05) is 41.7 Å². The zero-order valence-electron chi connectivity index (χ0n) is 17.1. The van der Waals surface area contributed by atoms with Gasteiger partial charge in [0.25, 0.3) is 0 Å². The first kappa shape index (κ1) is 22.0. The lowest BCUT2D eigenvalue weighted by atomic mass is 10.2. The van der Waals surface area contributed by atoms with Crippen molar-refractivity contribution in [3.63, 3.8) is 0 Å². The molecule has 9 heteroatoms. The van der Waals surface area contributed by atoms with Crippen LogP contribution in [0.15, 0.2) is 47.5 Å². The third-order valence-corrected chi connectivity index (χ3v) is 7.28. The highest BCUT2D eigenvalue weighted by Crippen LogP contribution is 2.35. The molecule has 0 aliphatic carbocycles. The molecule has 2 aromatic carbocycles. The lowest BCUT2D eigenvalue weighted by Gasteiger charge is -2.08. The van der Waals surface area contributed by atoms with E-state index in [0.29, 0.717) is 28.4 Å². The summed E-state index contributed by atoms with van der Waals surface area (Å²) in [6.45, 7) is 2.51. The zero-order valence-corrected chi connectivity index (χ0v) is 18.8. The Kier molecular flexibility index (Phi) is 6.94. The van der Waals surface area contributed by atoms with Crippen LogP contribution >= 0.6 is 11.3 Å². The number of hydrogen-bond donors (Lipinski definition) is 0. The van der Waals surface area contributed by atoms with Gasteiger partial charge in [0.05, 0.1) is 25.7 Å². The lowest BCUT2D eigenvalue weighted by Crippen LogP contribution is -2.18. The van der Waals surface area contributed by atoms with Gasteiger partial charge in [-0.15, -0.1) is 0 Å². The molecule has 7 nitrogen and oxygen atoms in total. The average molecular weight is 449 g/mol. The van der Waals surface area contributed by atoms with Crippen LogP contribution in [0.5, 0.6) is 11.5 Å². The summed E-state index contributed by atoms with van der Waals surface area (Å²) in [6, 6.07) is 12.5. The number of rotatable bonds is 8. The molecule has 1 amide bonds. The van der Waals surface area contributed by atoms with Crippen molar-refractivity contribution < 1.29 is 22.7 Å². The van der Waals surface area contributed by atoms with E-state index in [1.807, 2.05) is 23.6 Å². The Labute approximate surface area is 179 Å². The number of carbonyl (C=O) groups is 1. The van der Waals surface area contributed by atoms with Crippen LogP contribution in [-0.4, -0.2) is 38.9 Å². The smallest absolute Gasteiger partial charge is 0.249 e. The molecule has 3 rings (SSSR count). The molecule has 0 bridgehead atoms. The largest absolute Gasteiger partial charge is 0.495 e. The molecule has 30 heavy (non-hydrogen) atoms. The molecule has 0 saturated carbocycles. The number of aromatic nitrogens is 1.